The van der Waals surface area contributed by atoms with E-state index in [1.165, 1.54) is 16.7 Å². The summed E-state index contributed by atoms with van der Waals surface area (Å²) >= 11 is 0. The Morgan fingerprint density at radius 2 is 1.29 bits per heavy atom. The Balaban J connectivity index is 2.62. The summed E-state index contributed by atoms with van der Waals surface area (Å²) in [7, 11) is 24.4. The zero-order valence-corrected chi connectivity index (χ0v) is 12.5. The molecule has 0 bridgehead atoms. The normalized spacial score (nSPS) is 11.4. The third kappa shape index (κ3) is 1.96. The Kier molecular flexibility index (Phi) is 3.24. The van der Waals surface area contributed by atoms with Gasteiger partial charge in [-0.2, -0.15) is 0 Å². The van der Waals surface area contributed by atoms with E-state index in [0.717, 1.165) is 21.5 Å². The van der Waals surface area contributed by atoms with Crippen LogP contribution in [0.15, 0.2) is 18.2 Å². The summed E-state index contributed by atoms with van der Waals surface area (Å²) in [5.74, 6) is 0. The summed E-state index contributed by atoms with van der Waals surface area (Å²) in [4.78, 5) is 0. The highest BCUT2D eigenvalue weighted by Gasteiger charge is 2.12. The molecule has 92 valence electrons. The lowest BCUT2D eigenvalue weighted by Gasteiger charge is -2.18. The molecule has 0 N–H and O–H groups in total. The molecule has 0 atom stereocenters. The van der Waals surface area contributed by atoms with Gasteiger partial charge in [0, 0.05) is 0 Å². The molecule has 0 amide bonds. The quantitative estimate of drug-likeness (QED) is 0.397. The Morgan fingerprint density at radius 3 is 1.95 bits per heavy atom. The molecule has 3 rings (SSSR count). The van der Waals surface area contributed by atoms with Crippen molar-refractivity contribution in [3.8, 4) is 0 Å². The fourth-order valence-corrected chi connectivity index (χ4v) is 3.01. The second kappa shape index (κ2) is 4.73. The minimum atomic E-state index is 0.418. The molecule has 0 fully saturated rings. The number of aryl methyl sites for hydroxylation is 2. The summed E-state index contributed by atoms with van der Waals surface area (Å²) < 4.78 is 0. The number of fused-ring (bicyclic) bond motifs is 2. The largest absolute Gasteiger partial charge is 0.115 e. The van der Waals surface area contributed by atoms with E-state index in [2.05, 4.69) is 26.8 Å². The highest BCUT2D eigenvalue weighted by Crippen LogP contribution is 2.26. The van der Waals surface area contributed by atoms with Crippen LogP contribution in [0.3, 0.4) is 0 Å². The summed E-state index contributed by atoms with van der Waals surface area (Å²) in [5, 5.41) is 3.86. The maximum atomic E-state index is 6.41. The number of rotatable bonds is 0. The van der Waals surface area contributed by atoms with Gasteiger partial charge in [-0.1, -0.05) is 23.1 Å². The Bertz CT molecular complexity index is 910. The van der Waals surface area contributed by atoms with E-state index < -0.39 is 0 Å². The Hall–Kier alpha value is -1.56. The van der Waals surface area contributed by atoms with E-state index in [0.29, 0.717) is 21.9 Å². The van der Waals surface area contributed by atoms with E-state index in [1.54, 1.807) is 0 Å². The fraction of sp³-hybridized carbons (Fsp3) is 0.176. The standard InChI is InChI=1S/C17H12B4/c1-7-4-10-5-11-12(6-13(18)17(21)16(11)20)15(19)14(10)9(3)8(7)2/h4-6H,1-3H3. The van der Waals surface area contributed by atoms with Crippen molar-refractivity contribution < 1.29 is 0 Å². The van der Waals surface area contributed by atoms with Gasteiger partial charge in [0.05, 0.1) is 0 Å². The lowest BCUT2D eigenvalue weighted by molar-refractivity contribution is 1.30. The van der Waals surface area contributed by atoms with Gasteiger partial charge >= 0.3 is 0 Å². The van der Waals surface area contributed by atoms with Crippen LogP contribution in [0.2, 0.25) is 0 Å². The van der Waals surface area contributed by atoms with Crippen LogP contribution in [-0.4, -0.2) is 31.4 Å². The van der Waals surface area contributed by atoms with Crippen LogP contribution < -0.4 is 21.9 Å². The maximum absolute atomic E-state index is 6.41. The number of benzene rings is 3. The molecule has 0 unspecified atom stereocenters. The van der Waals surface area contributed by atoms with Crippen molar-refractivity contribution in [3.63, 3.8) is 0 Å². The van der Waals surface area contributed by atoms with Crippen LogP contribution in [0, 0.1) is 20.8 Å². The lowest BCUT2D eigenvalue weighted by atomic mass is 9.68. The molecule has 0 saturated heterocycles. The van der Waals surface area contributed by atoms with Crippen molar-refractivity contribution in [2.24, 2.45) is 0 Å². The van der Waals surface area contributed by atoms with Gasteiger partial charge in [-0.05, 0) is 65.1 Å². The van der Waals surface area contributed by atoms with E-state index in [4.69, 9.17) is 31.4 Å². The van der Waals surface area contributed by atoms with Crippen molar-refractivity contribution in [2.45, 2.75) is 20.8 Å². The van der Waals surface area contributed by atoms with Gasteiger partial charge in [0.1, 0.15) is 31.4 Å². The number of hydrogen-bond acceptors (Lipinski definition) is 0. The zero-order chi connectivity index (χ0) is 15.5. The molecular formula is C17H12B4. The van der Waals surface area contributed by atoms with Crippen molar-refractivity contribution in [3.05, 3.63) is 34.9 Å². The second-order valence-corrected chi connectivity index (χ2v) is 5.72. The predicted molar refractivity (Wildman–Crippen MR) is 97.2 cm³/mol. The first kappa shape index (κ1) is 14.4. The molecule has 0 heterocycles. The maximum Gasteiger partial charge on any atom is 0.115 e. The molecule has 0 spiro atoms. The van der Waals surface area contributed by atoms with E-state index in [1.807, 2.05) is 12.1 Å². The first-order valence-electron chi connectivity index (χ1n) is 6.89. The van der Waals surface area contributed by atoms with Crippen LogP contribution in [0.4, 0.5) is 0 Å². The van der Waals surface area contributed by atoms with E-state index in [9.17, 15) is 0 Å². The van der Waals surface area contributed by atoms with E-state index in [-0.39, 0.29) is 0 Å². The minimum absolute atomic E-state index is 0.418. The van der Waals surface area contributed by atoms with Gasteiger partial charge in [0.25, 0.3) is 0 Å². The van der Waals surface area contributed by atoms with Crippen molar-refractivity contribution in [2.75, 3.05) is 0 Å². The van der Waals surface area contributed by atoms with Crippen LogP contribution in [0.5, 0.6) is 0 Å². The fourth-order valence-electron chi connectivity index (χ4n) is 3.01. The second-order valence-electron chi connectivity index (χ2n) is 5.72. The summed E-state index contributed by atoms with van der Waals surface area (Å²) in [5.41, 5.74) is 5.77. The van der Waals surface area contributed by atoms with Crippen molar-refractivity contribution in [1.82, 2.24) is 0 Å². The molecule has 8 radical (unpaired) electrons. The molecule has 0 nitrogen and oxygen atoms in total. The van der Waals surface area contributed by atoms with Crippen molar-refractivity contribution >= 4 is 74.8 Å². The van der Waals surface area contributed by atoms with Gasteiger partial charge in [0.2, 0.25) is 0 Å². The van der Waals surface area contributed by atoms with Gasteiger partial charge in [0.15, 0.2) is 0 Å². The van der Waals surface area contributed by atoms with Gasteiger partial charge < -0.3 is 0 Å². The zero-order valence-electron chi connectivity index (χ0n) is 12.5. The minimum Gasteiger partial charge on any atom is -0.110 e. The van der Waals surface area contributed by atoms with Crippen molar-refractivity contribution in [1.29, 1.82) is 0 Å². The Labute approximate surface area is 130 Å². The third-order valence-electron chi connectivity index (χ3n) is 4.53. The monoisotopic (exact) mass is 260 g/mol. The predicted octanol–water partition coefficient (Wildman–Crippen LogP) is 0.0935. The van der Waals surface area contributed by atoms with E-state index >= 15 is 0 Å². The van der Waals surface area contributed by atoms with Gasteiger partial charge in [-0.3, -0.25) is 0 Å². The van der Waals surface area contributed by atoms with Crippen LogP contribution in [0.25, 0.3) is 21.5 Å². The molecule has 0 aliphatic rings. The first-order chi connectivity index (χ1) is 9.82. The van der Waals surface area contributed by atoms with Crippen LogP contribution in [0.1, 0.15) is 16.7 Å². The number of hydrogen-bond donors (Lipinski definition) is 0. The lowest BCUT2D eigenvalue weighted by Crippen LogP contribution is -2.40. The third-order valence-corrected chi connectivity index (χ3v) is 4.53. The molecule has 21 heavy (non-hydrogen) atoms. The average Bonchev–Trinajstić information content (AvgIpc) is 2.44. The molecule has 3 aromatic rings. The van der Waals surface area contributed by atoms with Gasteiger partial charge in [-0.25, -0.2) is 0 Å². The molecule has 0 saturated carbocycles. The molecule has 4 heteroatoms. The Morgan fingerprint density at radius 1 is 0.667 bits per heavy atom. The first-order valence-corrected chi connectivity index (χ1v) is 6.89. The van der Waals surface area contributed by atoms with Gasteiger partial charge in [-0.15, -0.1) is 10.9 Å². The highest BCUT2D eigenvalue weighted by molar-refractivity contribution is 6.61. The summed E-state index contributed by atoms with van der Waals surface area (Å²) in [6.07, 6.45) is 0. The van der Waals surface area contributed by atoms with Crippen LogP contribution >= 0.6 is 0 Å². The summed E-state index contributed by atoms with van der Waals surface area (Å²) in [6.45, 7) is 6.30. The molecular weight excluding hydrogens is 247 g/mol. The smallest absolute Gasteiger partial charge is 0.110 e. The highest BCUT2D eigenvalue weighted by atomic mass is 14.1. The topological polar surface area (TPSA) is 0 Å². The molecule has 0 aliphatic carbocycles. The molecule has 3 aromatic carbocycles. The average molecular weight is 260 g/mol. The molecule has 0 aliphatic heterocycles. The van der Waals surface area contributed by atoms with Crippen LogP contribution in [-0.2, 0) is 0 Å². The SMILES string of the molecule is [B]c1cc2c([B])c3c(C)c(C)c(C)cc3cc2c([B])c1[B]. The molecule has 0 aromatic heterocycles. The summed E-state index contributed by atoms with van der Waals surface area (Å²) in [6, 6.07) is 6.00.